The van der Waals surface area contributed by atoms with E-state index in [4.69, 9.17) is 14.2 Å². The van der Waals surface area contributed by atoms with Gasteiger partial charge in [-0.3, -0.25) is 4.68 Å². The van der Waals surface area contributed by atoms with E-state index in [1.807, 2.05) is 36.3 Å². The summed E-state index contributed by atoms with van der Waals surface area (Å²) < 4.78 is 19.2. The van der Waals surface area contributed by atoms with E-state index in [9.17, 15) is 0 Å². The molecule has 1 fully saturated rings. The van der Waals surface area contributed by atoms with Gasteiger partial charge in [-0.2, -0.15) is 5.10 Å². The number of aromatic nitrogens is 2. The molecule has 2 aromatic rings. The van der Waals surface area contributed by atoms with E-state index in [1.54, 1.807) is 0 Å². The molecule has 24 heavy (non-hydrogen) atoms. The second-order valence-electron chi connectivity index (χ2n) is 6.36. The Labute approximate surface area is 141 Å². The number of benzene rings is 1. The molecule has 1 aromatic heterocycles. The number of hydrogen-bond acceptors (Lipinski definition) is 5. The average molecular weight is 329 g/mol. The number of rotatable bonds is 5. The lowest BCUT2D eigenvalue weighted by Gasteiger charge is -2.22. The molecule has 2 aliphatic rings. The van der Waals surface area contributed by atoms with Gasteiger partial charge in [0.15, 0.2) is 11.5 Å². The summed E-state index contributed by atoms with van der Waals surface area (Å²) >= 11 is 0. The van der Waals surface area contributed by atoms with E-state index in [2.05, 4.69) is 16.5 Å². The van der Waals surface area contributed by atoms with Crippen molar-refractivity contribution in [3.05, 3.63) is 41.7 Å². The van der Waals surface area contributed by atoms with Crippen molar-refractivity contribution in [1.82, 2.24) is 15.1 Å². The molecule has 0 aliphatic carbocycles. The highest BCUT2D eigenvalue weighted by molar-refractivity contribution is 5.47. The minimum absolute atomic E-state index is 0.135. The Hall–Kier alpha value is -2.05. The van der Waals surface area contributed by atoms with Crippen LogP contribution in [0, 0.1) is 5.92 Å². The molecule has 0 saturated carbocycles. The standard InChI is InChI=1S/C18H23N3O3/c1-21-12-15(11-20-21)17-14(5-6-23-17)10-19-9-13-3-2-4-16-18(13)24-8-7-22-16/h2-4,11-12,14,17,19H,5-10H2,1H3/t14-,17+/m0/s1. The normalized spacial score (nSPS) is 22.7. The van der Waals surface area contributed by atoms with Crippen molar-refractivity contribution in [2.45, 2.75) is 19.1 Å². The number of para-hydroxylation sites is 1. The van der Waals surface area contributed by atoms with Gasteiger partial charge in [0.25, 0.3) is 0 Å². The van der Waals surface area contributed by atoms with E-state index < -0.39 is 0 Å². The lowest BCUT2D eigenvalue weighted by molar-refractivity contribution is 0.0903. The summed E-state index contributed by atoms with van der Waals surface area (Å²) in [5.41, 5.74) is 2.31. The largest absolute Gasteiger partial charge is 0.486 e. The number of ether oxygens (including phenoxy) is 3. The molecule has 0 amide bonds. The molecule has 0 spiro atoms. The highest BCUT2D eigenvalue weighted by Crippen LogP contribution is 2.35. The molecule has 6 nitrogen and oxygen atoms in total. The van der Waals surface area contributed by atoms with Crippen LogP contribution in [0.5, 0.6) is 11.5 Å². The SMILES string of the molecule is Cn1cc([C@@H]2OCC[C@H]2CNCc2cccc3c2OCCO3)cn1. The zero-order chi connectivity index (χ0) is 16.4. The van der Waals surface area contributed by atoms with Crippen LogP contribution in [0.25, 0.3) is 0 Å². The molecule has 1 N–H and O–H groups in total. The second kappa shape index (κ2) is 6.83. The van der Waals surface area contributed by atoms with Crippen LogP contribution >= 0.6 is 0 Å². The van der Waals surface area contributed by atoms with Gasteiger partial charge >= 0.3 is 0 Å². The molecule has 2 atom stereocenters. The first-order chi connectivity index (χ1) is 11.8. The first kappa shape index (κ1) is 15.5. The summed E-state index contributed by atoms with van der Waals surface area (Å²) in [6, 6.07) is 6.06. The highest BCUT2D eigenvalue weighted by Gasteiger charge is 2.30. The molecule has 0 bridgehead atoms. The summed E-state index contributed by atoms with van der Waals surface area (Å²) in [5.74, 6) is 2.19. The third-order valence-corrected chi connectivity index (χ3v) is 4.64. The van der Waals surface area contributed by atoms with Crippen LogP contribution in [0.4, 0.5) is 0 Å². The van der Waals surface area contributed by atoms with Gasteiger partial charge in [0, 0.05) is 50.0 Å². The average Bonchev–Trinajstić information content (AvgIpc) is 3.24. The Morgan fingerprint density at radius 3 is 3.04 bits per heavy atom. The number of aryl methyl sites for hydroxylation is 1. The predicted molar refractivity (Wildman–Crippen MR) is 89.1 cm³/mol. The fourth-order valence-electron chi connectivity index (χ4n) is 3.46. The van der Waals surface area contributed by atoms with Crippen LogP contribution in [0.2, 0.25) is 0 Å². The fraction of sp³-hybridized carbons (Fsp3) is 0.500. The van der Waals surface area contributed by atoms with E-state index in [0.717, 1.165) is 48.7 Å². The lowest BCUT2D eigenvalue weighted by atomic mass is 9.97. The van der Waals surface area contributed by atoms with Gasteiger partial charge in [0.05, 0.1) is 12.3 Å². The van der Waals surface area contributed by atoms with Gasteiger partial charge in [-0.05, 0) is 12.5 Å². The molecule has 3 heterocycles. The van der Waals surface area contributed by atoms with Crippen LogP contribution < -0.4 is 14.8 Å². The Bertz CT molecular complexity index is 701. The molecular formula is C18H23N3O3. The van der Waals surface area contributed by atoms with Crippen molar-refractivity contribution in [2.75, 3.05) is 26.4 Å². The summed E-state index contributed by atoms with van der Waals surface area (Å²) in [4.78, 5) is 0. The van der Waals surface area contributed by atoms with Crippen LogP contribution in [-0.4, -0.2) is 36.1 Å². The first-order valence-electron chi connectivity index (χ1n) is 8.49. The van der Waals surface area contributed by atoms with Gasteiger partial charge in [-0.1, -0.05) is 12.1 Å². The van der Waals surface area contributed by atoms with E-state index in [-0.39, 0.29) is 6.10 Å². The highest BCUT2D eigenvalue weighted by atomic mass is 16.6. The Morgan fingerprint density at radius 2 is 2.17 bits per heavy atom. The maximum absolute atomic E-state index is 5.92. The number of fused-ring (bicyclic) bond motifs is 1. The number of hydrogen-bond donors (Lipinski definition) is 1. The van der Waals surface area contributed by atoms with Crippen LogP contribution in [0.3, 0.4) is 0 Å². The lowest BCUT2D eigenvalue weighted by Crippen LogP contribution is -2.25. The summed E-state index contributed by atoms with van der Waals surface area (Å²) in [7, 11) is 1.94. The van der Waals surface area contributed by atoms with Gasteiger partial charge < -0.3 is 19.5 Å². The summed E-state index contributed by atoms with van der Waals surface area (Å²) in [6.07, 6.45) is 5.15. The third-order valence-electron chi connectivity index (χ3n) is 4.64. The van der Waals surface area contributed by atoms with Crippen LogP contribution in [-0.2, 0) is 18.3 Å². The smallest absolute Gasteiger partial charge is 0.165 e. The minimum atomic E-state index is 0.135. The quantitative estimate of drug-likeness (QED) is 0.910. The molecule has 0 unspecified atom stereocenters. The molecule has 2 aliphatic heterocycles. The number of nitrogens with zero attached hydrogens (tertiary/aromatic N) is 2. The predicted octanol–water partition coefficient (Wildman–Crippen LogP) is 2.06. The topological polar surface area (TPSA) is 57.5 Å². The minimum Gasteiger partial charge on any atom is -0.486 e. The maximum Gasteiger partial charge on any atom is 0.165 e. The van der Waals surface area contributed by atoms with Crippen LogP contribution in [0.1, 0.15) is 23.7 Å². The maximum atomic E-state index is 5.92. The zero-order valence-corrected chi connectivity index (χ0v) is 13.9. The molecule has 1 saturated heterocycles. The van der Waals surface area contributed by atoms with Gasteiger partial charge in [-0.15, -0.1) is 0 Å². The Balaban J connectivity index is 1.37. The second-order valence-corrected chi connectivity index (χ2v) is 6.36. The van der Waals surface area contributed by atoms with Crippen molar-refractivity contribution in [3.63, 3.8) is 0 Å². The molecule has 0 radical (unpaired) electrons. The van der Waals surface area contributed by atoms with E-state index >= 15 is 0 Å². The van der Waals surface area contributed by atoms with Crippen LogP contribution in [0.15, 0.2) is 30.6 Å². The summed E-state index contributed by atoms with van der Waals surface area (Å²) in [5, 5.41) is 7.82. The van der Waals surface area contributed by atoms with E-state index in [0.29, 0.717) is 19.1 Å². The Kier molecular flexibility index (Phi) is 4.40. The zero-order valence-electron chi connectivity index (χ0n) is 13.9. The van der Waals surface area contributed by atoms with Crippen molar-refractivity contribution < 1.29 is 14.2 Å². The van der Waals surface area contributed by atoms with Gasteiger partial charge in [-0.25, -0.2) is 0 Å². The monoisotopic (exact) mass is 329 g/mol. The summed E-state index contributed by atoms with van der Waals surface area (Å²) in [6.45, 7) is 3.72. The van der Waals surface area contributed by atoms with Gasteiger partial charge in [0.2, 0.25) is 0 Å². The Morgan fingerprint density at radius 1 is 1.25 bits per heavy atom. The molecule has 4 rings (SSSR count). The fourth-order valence-corrected chi connectivity index (χ4v) is 3.46. The van der Waals surface area contributed by atoms with Crippen molar-refractivity contribution in [3.8, 4) is 11.5 Å². The molecule has 1 aromatic carbocycles. The first-order valence-corrected chi connectivity index (χ1v) is 8.49. The van der Waals surface area contributed by atoms with E-state index in [1.165, 1.54) is 0 Å². The molecule has 6 heteroatoms. The van der Waals surface area contributed by atoms with Crippen molar-refractivity contribution in [1.29, 1.82) is 0 Å². The number of nitrogens with one attached hydrogen (secondary N) is 1. The molecular weight excluding hydrogens is 306 g/mol. The van der Waals surface area contributed by atoms with Crippen molar-refractivity contribution >= 4 is 0 Å². The molecule has 128 valence electrons. The van der Waals surface area contributed by atoms with Gasteiger partial charge in [0.1, 0.15) is 13.2 Å². The third kappa shape index (κ3) is 3.12. The van der Waals surface area contributed by atoms with Crippen molar-refractivity contribution in [2.24, 2.45) is 13.0 Å².